The van der Waals surface area contributed by atoms with Crippen molar-refractivity contribution in [3.05, 3.63) is 17.2 Å². The Balaban J connectivity index is 2.16. The molecule has 0 aliphatic carbocycles. The maximum absolute atomic E-state index is 11.3. The van der Waals surface area contributed by atoms with E-state index in [1.54, 1.807) is 4.90 Å². The summed E-state index contributed by atoms with van der Waals surface area (Å²) < 4.78 is 4.66. The number of imidazole rings is 1. The highest BCUT2D eigenvalue weighted by molar-refractivity contribution is 5.67. The Hall–Kier alpha value is -1.52. The second-order valence-corrected chi connectivity index (χ2v) is 3.39. The maximum atomic E-state index is 11.3. The molecular formula is C9H13N3O2. The zero-order valence-electron chi connectivity index (χ0n) is 8.33. The highest BCUT2D eigenvalue weighted by Crippen LogP contribution is 2.16. The Labute approximate surface area is 82.1 Å². The van der Waals surface area contributed by atoms with Gasteiger partial charge in [-0.2, -0.15) is 0 Å². The van der Waals surface area contributed by atoms with Crippen molar-refractivity contribution in [2.45, 2.75) is 19.9 Å². The van der Waals surface area contributed by atoms with E-state index in [0.717, 1.165) is 23.6 Å². The van der Waals surface area contributed by atoms with E-state index in [0.29, 0.717) is 13.1 Å². The zero-order valence-corrected chi connectivity index (χ0v) is 8.33. The lowest BCUT2D eigenvalue weighted by Crippen LogP contribution is -2.35. The maximum Gasteiger partial charge on any atom is 0.409 e. The van der Waals surface area contributed by atoms with Gasteiger partial charge in [-0.15, -0.1) is 0 Å². The molecule has 0 saturated carbocycles. The van der Waals surface area contributed by atoms with Crippen molar-refractivity contribution in [3.63, 3.8) is 0 Å². The number of hydrogen-bond donors (Lipinski definition) is 1. The number of methoxy groups -OCH3 is 1. The van der Waals surface area contributed by atoms with Gasteiger partial charge in [0.25, 0.3) is 0 Å². The van der Waals surface area contributed by atoms with Gasteiger partial charge in [0.05, 0.1) is 25.0 Å². The molecule has 0 radical (unpaired) electrons. The minimum Gasteiger partial charge on any atom is -0.453 e. The van der Waals surface area contributed by atoms with E-state index >= 15 is 0 Å². The number of aromatic amines is 1. The molecule has 1 aromatic rings. The fourth-order valence-corrected chi connectivity index (χ4v) is 1.72. The molecule has 0 unspecified atom stereocenters. The summed E-state index contributed by atoms with van der Waals surface area (Å²) in [4.78, 5) is 20.4. The lowest BCUT2D eigenvalue weighted by molar-refractivity contribution is 0.118. The quantitative estimate of drug-likeness (QED) is 0.667. The minimum absolute atomic E-state index is 0.275. The summed E-state index contributed by atoms with van der Waals surface area (Å²) in [6.45, 7) is 3.17. The zero-order chi connectivity index (χ0) is 10.1. The smallest absolute Gasteiger partial charge is 0.409 e. The van der Waals surface area contributed by atoms with Gasteiger partial charge in [-0.3, -0.25) is 0 Å². The summed E-state index contributed by atoms with van der Waals surface area (Å²) in [5, 5.41) is 0. The van der Waals surface area contributed by atoms with E-state index in [4.69, 9.17) is 0 Å². The molecule has 2 rings (SSSR count). The second-order valence-electron chi connectivity index (χ2n) is 3.39. The van der Waals surface area contributed by atoms with E-state index in [2.05, 4.69) is 14.7 Å². The van der Waals surface area contributed by atoms with E-state index in [1.807, 2.05) is 6.92 Å². The van der Waals surface area contributed by atoms with Gasteiger partial charge < -0.3 is 14.6 Å². The van der Waals surface area contributed by atoms with E-state index in [-0.39, 0.29) is 6.09 Å². The average molecular weight is 195 g/mol. The first-order valence-electron chi connectivity index (χ1n) is 4.58. The van der Waals surface area contributed by atoms with Gasteiger partial charge in [-0.05, 0) is 6.92 Å². The predicted molar refractivity (Wildman–Crippen MR) is 49.8 cm³/mol. The molecule has 5 heteroatoms. The van der Waals surface area contributed by atoms with Crippen LogP contribution in [0.5, 0.6) is 0 Å². The van der Waals surface area contributed by atoms with Gasteiger partial charge >= 0.3 is 6.09 Å². The summed E-state index contributed by atoms with van der Waals surface area (Å²) in [5.41, 5.74) is 2.10. The first kappa shape index (κ1) is 9.05. The van der Waals surface area contributed by atoms with Gasteiger partial charge in [0.1, 0.15) is 5.82 Å². The molecule has 1 N–H and O–H groups in total. The Morgan fingerprint density at radius 2 is 2.43 bits per heavy atom. The first-order chi connectivity index (χ1) is 6.70. The first-order valence-corrected chi connectivity index (χ1v) is 4.58. The van der Waals surface area contributed by atoms with Crippen molar-refractivity contribution in [1.29, 1.82) is 0 Å². The molecule has 76 valence electrons. The molecule has 0 aromatic carbocycles. The Kier molecular flexibility index (Phi) is 2.15. The lowest BCUT2D eigenvalue weighted by Gasteiger charge is -2.24. The van der Waals surface area contributed by atoms with Crippen molar-refractivity contribution < 1.29 is 9.53 Å². The predicted octanol–water partition coefficient (Wildman–Crippen LogP) is 0.843. The number of carbonyl (C=O) groups excluding carboxylic acids is 1. The van der Waals surface area contributed by atoms with Crippen LogP contribution in [0.4, 0.5) is 4.79 Å². The monoisotopic (exact) mass is 195 g/mol. The van der Waals surface area contributed by atoms with Gasteiger partial charge in [-0.1, -0.05) is 0 Å². The summed E-state index contributed by atoms with van der Waals surface area (Å²) in [7, 11) is 1.40. The van der Waals surface area contributed by atoms with Crippen LogP contribution < -0.4 is 0 Å². The number of carbonyl (C=O) groups is 1. The summed E-state index contributed by atoms with van der Waals surface area (Å²) in [6, 6.07) is 0. The number of H-pyrrole nitrogens is 1. The number of nitrogens with zero attached hydrogens (tertiary/aromatic N) is 2. The fourth-order valence-electron chi connectivity index (χ4n) is 1.72. The van der Waals surface area contributed by atoms with Crippen LogP contribution in [0.2, 0.25) is 0 Å². The molecule has 1 aromatic heterocycles. The van der Waals surface area contributed by atoms with Crippen molar-refractivity contribution in [1.82, 2.24) is 14.9 Å². The summed E-state index contributed by atoms with van der Waals surface area (Å²) >= 11 is 0. The summed E-state index contributed by atoms with van der Waals surface area (Å²) in [6.07, 6.45) is 0.525. The number of rotatable bonds is 0. The highest BCUT2D eigenvalue weighted by Gasteiger charge is 2.23. The van der Waals surface area contributed by atoms with Crippen LogP contribution in [0.3, 0.4) is 0 Å². The Morgan fingerprint density at radius 1 is 1.64 bits per heavy atom. The molecule has 0 bridgehead atoms. The molecule has 1 amide bonds. The molecule has 0 fully saturated rings. The van der Waals surface area contributed by atoms with Crippen LogP contribution in [-0.4, -0.2) is 34.6 Å². The molecule has 0 spiro atoms. The van der Waals surface area contributed by atoms with Crippen LogP contribution in [0.15, 0.2) is 0 Å². The summed E-state index contributed by atoms with van der Waals surface area (Å²) in [5.74, 6) is 0.904. The van der Waals surface area contributed by atoms with Crippen molar-refractivity contribution in [3.8, 4) is 0 Å². The molecular weight excluding hydrogens is 182 g/mol. The topological polar surface area (TPSA) is 58.2 Å². The molecule has 1 aliphatic rings. The normalized spacial score (nSPS) is 15.1. The van der Waals surface area contributed by atoms with Crippen LogP contribution in [-0.2, 0) is 17.7 Å². The molecule has 0 saturated heterocycles. The Morgan fingerprint density at radius 3 is 3.14 bits per heavy atom. The molecule has 5 nitrogen and oxygen atoms in total. The third-order valence-corrected chi connectivity index (χ3v) is 2.38. The van der Waals surface area contributed by atoms with Crippen LogP contribution in [0, 0.1) is 6.92 Å². The second kappa shape index (κ2) is 3.32. The van der Waals surface area contributed by atoms with Crippen LogP contribution in [0.25, 0.3) is 0 Å². The van der Waals surface area contributed by atoms with Gasteiger partial charge in [0.15, 0.2) is 0 Å². The largest absolute Gasteiger partial charge is 0.453 e. The Bertz CT molecular complexity index is 359. The molecule has 1 aliphatic heterocycles. The van der Waals surface area contributed by atoms with Gasteiger partial charge in [0.2, 0.25) is 0 Å². The van der Waals surface area contributed by atoms with Crippen molar-refractivity contribution in [2.24, 2.45) is 0 Å². The molecule has 0 atom stereocenters. The number of aryl methyl sites for hydroxylation is 1. The van der Waals surface area contributed by atoms with Gasteiger partial charge in [0, 0.05) is 13.0 Å². The SMILES string of the molecule is COC(=O)N1CCc2nc(C)[nH]c2C1. The van der Waals surface area contributed by atoms with Crippen molar-refractivity contribution >= 4 is 6.09 Å². The average Bonchev–Trinajstić information content (AvgIpc) is 2.55. The number of aromatic nitrogens is 2. The number of ether oxygens (including phenoxy) is 1. The van der Waals surface area contributed by atoms with Gasteiger partial charge in [-0.25, -0.2) is 9.78 Å². The number of fused-ring (bicyclic) bond motifs is 1. The highest BCUT2D eigenvalue weighted by atomic mass is 16.5. The number of hydrogen-bond acceptors (Lipinski definition) is 3. The standard InChI is InChI=1S/C9H13N3O2/c1-6-10-7-3-4-12(9(13)14-2)5-8(7)11-6/h3-5H2,1-2H3,(H,10,11). The van der Waals surface area contributed by atoms with Crippen LogP contribution >= 0.6 is 0 Å². The van der Waals surface area contributed by atoms with Crippen molar-refractivity contribution in [2.75, 3.05) is 13.7 Å². The molecule has 2 heterocycles. The molecule has 14 heavy (non-hydrogen) atoms. The third kappa shape index (κ3) is 1.45. The minimum atomic E-state index is -0.275. The number of amides is 1. The van der Waals surface area contributed by atoms with Crippen LogP contribution in [0.1, 0.15) is 17.2 Å². The van der Waals surface area contributed by atoms with E-state index in [1.165, 1.54) is 7.11 Å². The lowest BCUT2D eigenvalue weighted by atomic mass is 10.1. The fraction of sp³-hybridized carbons (Fsp3) is 0.556. The van der Waals surface area contributed by atoms with E-state index in [9.17, 15) is 4.79 Å². The third-order valence-electron chi connectivity index (χ3n) is 2.38. The van der Waals surface area contributed by atoms with E-state index < -0.39 is 0 Å². The number of nitrogens with one attached hydrogen (secondary N) is 1.